The predicted molar refractivity (Wildman–Crippen MR) is 180 cm³/mol. The predicted octanol–water partition coefficient (Wildman–Crippen LogP) is 4.48. The molecule has 3 amide bonds. The van der Waals surface area contributed by atoms with E-state index in [0.717, 1.165) is 44.9 Å². The second-order valence-corrected chi connectivity index (χ2v) is 13.4. The van der Waals surface area contributed by atoms with Gasteiger partial charge in [-0.3, -0.25) is 9.59 Å². The maximum Gasteiger partial charge on any atom is 0.407 e. The summed E-state index contributed by atoms with van der Waals surface area (Å²) < 4.78 is 17.8. The number of aromatic nitrogens is 1. The number of pyridine rings is 1. The number of hydrogen-bond acceptors (Lipinski definition) is 8. The molecule has 260 valence electrons. The lowest BCUT2D eigenvalue weighted by Gasteiger charge is -2.27. The van der Waals surface area contributed by atoms with Crippen molar-refractivity contribution in [1.29, 1.82) is 0 Å². The largest absolute Gasteiger partial charge is 0.488 e. The lowest BCUT2D eigenvalue weighted by atomic mass is 10.0. The number of alkyl carbamates (subject to hydrolysis) is 1. The highest BCUT2D eigenvalue weighted by Gasteiger charge is 2.61. The Morgan fingerprint density at radius 3 is 2.71 bits per heavy atom. The van der Waals surface area contributed by atoms with Crippen molar-refractivity contribution in [2.24, 2.45) is 5.92 Å². The zero-order valence-corrected chi connectivity index (χ0v) is 27.8. The van der Waals surface area contributed by atoms with E-state index in [1.54, 1.807) is 18.2 Å². The minimum absolute atomic E-state index is 0.0446. The van der Waals surface area contributed by atoms with E-state index in [4.69, 9.17) is 20.6 Å². The van der Waals surface area contributed by atoms with E-state index in [-0.39, 0.29) is 43.7 Å². The third-order valence-electron chi connectivity index (χ3n) is 10.0. The number of benzene rings is 1. The van der Waals surface area contributed by atoms with E-state index >= 15 is 0 Å². The zero-order valence-electron chi connectivity index (χ0n) is 27.8. The topological polar surface area (TPSA) is 156 Å². The number of aliphatic carboxylic acids is 1. The van der Waals surface area contributed by atoms with Crippen LogP contribution in [0.1, 0.15) is 83.1 Å². The van der Waals surface area contributed by atoms with Gasteiger partial charge in [0, 0.05) is 36.3 Å². The van der Waals surface area contributed by atoms with Crippen molar-refractivity contribution >= 4 is 34.8 Å². The molecule has 1 aromatic carbocycles. The van der Waals surface area contributed by atoms with Crippen LogP contribution in [-0.4, -0.2) is 81.8 Å². The first-order valence-corrected chi connectivity index (χ1v) is 17.4. The third kappa shape index (κ3) is 7.61. The van der Waals surface area contributed by atoms with Gasteiger partial charge in [-0.05, 0) is 70.4 Å². The summed E-state index contributed by atoms with van der Waals surface area (Å²) >= 11 is 0. The molecule has 2 aliphatic carbocycles. The fourth-order valence-electron chi connectivity index (χ4n) is 7.31. The molecule has 1 aromatic heterocycles. The molecule has 2 aliphatic heterocycles. The number of carboxylic acid groups (broad SMARTS) is 1. The van der Waals surface area contributed by atoms with Crippen molar-refractivity contribution in [2.45, 2.75) is 107 Å². The molecule has 1 saturated heterocycles. The van der Waals surface area contributed by atoms with Crippen molar-refractivity contribution in [1.82, 2.24) is 20.5 Å². The lowest BCUT2D eigenvalue weighted by Crippen LogP contribution is -2.53. The van der Waals surface area contributed by atoms with Crippen LogP contribution in [0.25, 0.3) is 10.9 Å². The number of carbonyl (C=O) groups excluding carboxylic acids is 3. The number of carboxylic acids is 1. The van der Waals surface area contributed by atoms with Crippen molar-refractivity contribution < 1.29 is 38.5 Å². The summed E-state index contributed by atoms with van der Waals surface area (Å²) in [5, 5.41) is 16.5. The first-order chi connectivity index (χ1) is 23.7. The fourth-order valence-corrected chi connectivity index (χ4v) is 7.31. The van der Waals surface area contributed by atoms with E-state index in [2.05, 4.69) is 21.5 Å². The highest BCUT2D eigenvalue weighted by atomic mass is 16.6. The molecule has 12 heteroatoms. The minimum atomic E-state index is -1.42. The maximum absolute atomic E-state index is 14.1. The number of carbonyl (C=O) groups is 4. The Morgan fingerprint density at radius 2 is 1.96 bits per heavy atom. The summed E-state index contributed by atoms with van der Waals surface area (Å²) in [6.07, 6.45) is 15.2. The van der Waals surface area contributed by atoms with Crippen molar-refractivity contribution in [3.05, 3.63) is 42.0 Å². The Morgan fingerprint density at radius 1 is 1.16 bits per heavy atom. The van der Waals surface area contributed by atoms with Gasteiger partial charge in [0.05, 0.1) is 24.2 Å². The monoisotopic (exact) mass is 672 g/mol. The van der Waals surface area contributed by atoms with E-state index < -0.39 is 41.7 Å². The Kier molecular flexibility index (Phi) is 10.3. The average molecular weight is 673 g/mol. The number of nitrogens with one attached hydrogen (secondary N) is 2. The molecule has 49 heavy (non-hydrogen) atoms. The quantitative estimate of drug-likeness (QED) is 0.285. The van der Waals surface area contributed by atoms with Crippen LogP contribution in [-0.2, 0) is 19.1 Å². The Bertz CT molecular complexity index is 1660. The summed E-state index contributed by atoms with van der Waals surface area (Å²) in [5.74, 6) is 1.06. The van der Waals surface area contributed by atoms with E-state index in [9.17, 15) is 24.3 Å². The standard InChI is InChI=1S/C37H44N4O8/c1-3-23-12-11-17-28-30(20-31(47-4-2)39-33(23)28)48-27-19-29-34(43)40-37(35(44)45)21-24(37)13-7-5-6-8-14-25(18-32(42)41(29)22-27)38-36(46)49-26-15-9-10-16-26/h1,7,11-13,17,20,24-27,29H,4-6,8-10,14-16,18-19,21-22H2,2H3,(H,38,46)(H,40,43)(H,44,45)/b13-7-/t24-,25+,27-,29+,37-/m1/s1. The van der Waals surface area contributed by atoms with Crippen molar-refractivity contribution in [2.75, 3.05) is 13.2 Å². The summed E-state index contributed by atoms with van der Waals surface area (Å²) in [4.78, 5) is 59.3. The number of allylic oxidation sites excluding steroid dienone is 1. The molecule has 3 fully saturated rings. The maximum atomic E-state index is 14.1. The van der Waals surface area contributed by atoms with Gasteiger partial charge in [0.1, 0.15) is 29.5 Å². The molecule has 0 radical (unpaired) electrons. The van der Waals surface area contributed by atoms with Crippen LogP contribution in [0.3, 0.4) is 0 Å². The molecule has 0 unspecified atom stereocenters. The van der Waals surface area contributed by atoms with Gasteiger partial charge in [0.15, 0.2) is 0 Å². The number of ether oxygens (including phenoxy) is 3. The fraction of sp³-hybridized carbons (Fsp3) is 0.541. The summed E-state index contributed by atoms with van der Waals surface area (Å²) in [5.41, 5.74) is -0.328. The Balaban J connectivity index is 1.27. The zero-order chi connectivity index (χ0) is 34.5. The van der Waals surface area contributed by atoms with Gasteiger partial charge in [0.2, 0.25) is 17.7 Å². The van der Waals surface area contributed by atoms with Gasteiger partial charge in [-0.2, -0.15) is 0 Å². The first kappa shape index (κ1) is 34.1. The summed E-state index contributed by atoms with van der Waals surface area (Å²) in [7, 11) is 0. The number of hydrogen-bond donors (Lipinski definition) is 3. The van der Waals surface area contributed by atoms with Crippen LogP contribution in [0, 0.1) is 18.3 Å². The van der Waals surface area contributed by atoms with E-state index in [1.807, 2.05) is 25.1 Å². The van der Waals surface area contributed by atoms with Crippen LogP contribution in [0.5, 0.6) is 11.6 Å². The Labute approximate surface area is 285 Å². The highest BCUT2D eigenvalue weighted by molar-refractivity contribution is 5.95. The van der Waals surface area contributed by atoms with E-state index in [0.29, 0.717) is 41.1 Å². The van der Waals surface area contributed by atoms with Crippen molar-refractivity contribution in [3.63, 3.8) is 0 Å². The Hall–Kier alpha value is -4.79. The average Bonchev–Trinajstić information content (AvgIpc) is 3.35. The number of para-hydroxylation sites is 1. The number of amides is 3. The van der Waals surface area contributed by atoms with Crippen LogP contribution in [0.4, 0.5) is 4.79 Å². The molecule has 0 bridgehead atoms. The van der Waals surface area contributed by atoms with Crippen molar-refractivity contribution in [3.8, 4) is 24.0 Å². The third-order valence-corrected chi connectivity index (χ3v) is 10.0. The molecule has 4 aliphatic rings. The second kappa shape index (κ2) is 14.8. The smallest absolute Gasteiger partial charge is 0.407 e. The molecular weight excluding hydrogens is 628 g/mol. The molecule has 6 rings (SSSR count). The number of nitrogens with zero attached hydrogens (tertiary/aromatic N) is 2. The van der Waals surface area contributed by atoms with Crippen LogP contribution in [0.15, 0.2) is 36.4 Å². The molecule has 5 atom stereocenters. The van der Waals surface area contributed by atoms with Gasteiger partial charge in [0.25, 0.3) is 0 Å². The SMILES string of the molecule is C#Cc1cccc2c(O[C@@H]3C[C@H]4C(=O)N[C@]5(C(=O)O)C[C@H]5/C=C\CCCC[C@H](NC(=O)OC5CCCC5)CC(=O)N4C3)cc(OCC)nc12. The van der Waals surface area contributed by atoms with Gasteiger partial charge in [-0.15, -0.1) is 6.42 Å². The highest BCUT2D eigenvalue weighted by Crippen LogP contribution is 2.45. The van der Waals surface area contributed by atoms with Crippen LogP contribution in [0.2, 0.25) is 0 Å². The molecule has 0 spiro atoms. The number of rotatable bonds is 7. The summed E-state index contributed by atoms with van der Waals surface area (Å²) in [6.45, 7) is 2.28. The van der Waals surface area contributed by atoms with Gasteiger partial charge >= 0.3 is 12.1 Å². The van der Waals surface area contributed by atoms with E-state index in [1.165, 1.54) is 4.90 Å². The van der Waals surface area contributed by atoms with Crippen LogP contribution < -0.4 is 20.1 Å². The minimum Gasteiger partial charge on any atom is -0.488 e. The molecule has 3 N–H and O–H groups in total. The molecular formula is C37H44N4O8. The lowest BCUT2D eigenvalue weighted by molar-refractivity contribution is -0.145. The molecule has 2 aromatic rings. The van der Waals surface area contributed by atoms with Crippen LogP contribution >= 0.6 is 0 Å². The normalized spacial score (nSPS) is 28.2. The van der Waals surface area contributed by atoms with Gasteiger partial charge in [-0.25, -0.2) is 14.6 Å². The number of fused-ring (bicyclic) bond motifs is 3. The first-order valence-electron chi connectivity index (χ1n) is 17.4. The van der Waals surface area contributed by atoms with Gasteiger partial charge in [-0.1, -0.05) is 30.6 Å². The number of terminal acetylenes is 1. The molecule has 12 nitrogen and oxygen atoms in total. The second-order valence-electron chi connectivity index (χ2n) is 13.4. The van der Waals surface area contributed by atoms with Gasteiger partial charge < -0.3 is 34.9 Å². The summed E-state index contributed by atoms with van der Waals surface area (Å²) in [6, 6.07) is 5.59. The molecule has 3 heterocycles. The molecule has 2 saturated carbocycles.